The maximum Gasteiger partial charge on any atom is 0.227 e. The summed E-state index contributed by atoms with van der Waals surface area (Å²) in [6.45, 7) is 2.70. The Morgan fingerprint density at radius 3 is 2.69 bits per heavy atom. The van der Waals surface area contributed by atoms with E-state index in [0.29, 0.717) is 23.9 Å². The number of hydrogen-bond donors (Lipinski definition) is 3. The Hall–Kier alpha value is -3.42. The third kappa shape index (κ3) is 3.49. The van der Waals surface area contributed by atoms with E-state index in [4.69, 9.17) is 0 Å². The van der Waals surface area contributed by atoms with E-state index < -0.39 is 0 Å². The Kier molecular flexibility index (Phi) is 4.22. The molecule has 1 fully saturated rings. The van der Waals surface area contributed by atoms with Gasteiger partial charge in [0, 0.05) is 36.1 Å². The molecule has 3 heterocycles. The van der Waals surface area contributed by atoms with Gasteiger partial charge in [-0.2, -0.15) is 5.10 Å². The van der Waals surface area contributed by atoms with Crippen molar-refractivity contribution < 1.29 is 4.79 Å². The summed E-state index contributed by atoms with van der Waals surface area (Å²) in [6, 6.07) is 9.63. The zero-order valence-electron chi connectivity index (χ0n) is 14.4. The molecule has 0 radical (unpaired) electrons. The highest BCUT2D eigenvalue weighted by Gasteiger charge is 2.21. The molecule has 8 nitrogen and oxygen atoms in total. The number of amides is 1. The first-order chi connectivity index (χ1) is 12.7. The predicted molar refractivity (Wildman–Crippen MR) is 100.0 cm³/mol. The molecule has 0 unspecified atom stereocenters. The molecule has 4 rings (SSSR count). The van der Waals surface area contributed by atoms with Crippen molar-refractivity contribution >= 4 is 34.7 Å². The minimum atomic E-state index is 0.169. The van der Waals surface area contributed by atoms with Crippen molar-refractivity contribution in [1.82, 2.24) is 20.2 Å². The van der Waals surface area contributed by atoms with Crippen molar-refractivity contribution in [3.63, 3.8) is 0 Å². The van der Waals surface area contributed by atoms with E-state index in [1.54, 1.807) is 12.4 Å². The number of benzene rings is 1. The highest BCUT2D eigenvalue weighted by molar-refractivity contribution is 5.95. The normalized spacial score (nSPS) is 13.9. The van der Waals surface area contributed by atoms with Gasteiger partial charge >= 0.3 is 0 Å². The third-order valence-corrected chi connectivity index (χ3v) is 4.10. The fraction of sp³-hybridized carbons (Fsp3) is 0.222. The number of aromatic amines is 1. The van der Waals surface area contributed by atoms with Crippen molar-refractivity contribution in [3.05, 3.63) is 48.4 Å². The SMILES string of the molecule is Cc1cc(Nc2cncc(Nc3cccc(N4CCCC4=O)c3)n2)n[nH]1. The largest absolute Gasteiger partial charge is 0.339 e. The Labute approximate surface area is 150 Å². The van der Waals surface area contributed by atoms with Gasteiger partial charge in [-0.15, -0.1) is 0 Å². The second-order valence-corrected chi connectivity index (χ2v) is 6.18. The topological polar surface area (TPSA) is 98.8 Å². The Bertz CT molecular complexity index is 937. The standard InChI is InChI=1S/C18H19N7O/c1-12-8-15(24-23-12)21-17-11-19-10-16(22-17)20-13-4-2-5-14(9-13)25-7-3-6-18(25)26/h2,4-5,8-11H,3,6-7H2,1H3,(H3,20,21,22,23,24). The van der Waals surface area contributed by atoms with Gasteiger partial charge in [-0.3, -0.25) is 14.9 Å². The number of aryl methyl sites for hydroxylation is 1. The van der Waals surface area contributed by atoms with Gasteiger partial charge in [-0.1, -0.05) is 6.07 Å². The molecule has 0 bridgehead atoms. The quantitative estimate of drug-likeness (QED) is 0.654. The van der Waals surface area contributed by atoms with Crippen LogP contribution in [0.15, 0.2) is 42.7 Å². The van der Waals surface area contributed by atoms with Gasteiger partial charge in [-0.25, -0.2) is 4.98 Å². The number of anilines is 5. The molecular weight excluding hydrogens is 330 g/mol. The van der Waals surface area contributed by atoms with E-state index in [-0.39, 0.29) is 5.91 Å². The maximum atomic E-state index is 11.9. The lowest BCUT2D eigenvalue weighted by Gasteiger charge is -2.17. The van der Waals surface area contributed by atoms with Gasteiger partial charge in [0.05, 0.1) is 12.4 Å². The average Bonchev–Trinajstić information content (AvgIpc) is 3.24. The summed E-state index contributed by atoms with van der Waals surface area (Å²) in [5, 5.41) is 13.3. The van der Waals surface area contributed by atoms with Crippen molar-refractivity contribution in [2.75, 3.05) is 22.1 Å². The molecule has 1 aromatic carbocycles. The minimum absolute atomic E-state index is 0.169. The van der Waals surface area contributed by atoms with Crippen LogP contribution in [0.4, 0.5) is 28.8 Å². The Morgan fingerprint density at radius 1 is 1.12 bits per heavy atom. The minimum Gasteiger partial charge on any atom is -0.339 e. The van der Waals surface area contributed by atoms with Crippen LogP contribution in [-0.2, 0) is 4.79 Å². The first-order valence-electron chi connectivity index (χ1n) is 8.46. The summed E-state index contributed by atoms with van der Waals surface area (Å²) in [7, 11) is 0. The molecule has 0 spiro atoms. The molecule has 1 amide bonds. The van der Waals surface area contributed by atoms with Crippen LogP contribution in [0, 0.1) is 6.92 Å². The number of hydrogen-bond acceptors (Lipinski definition) is 6. The zero-order valence-corrected chi connectivity index (χ0v) is 14.4. The molecule has 26 heavy (non-hydrogen) atoms. The van der Waals surface area contributed by atoms with Gasteiger partial charge < -0.3 is 15.5 Å². The number of carbonyl (C=O) groups excluding carboxylic acids is 1. The van der Waals surface area contributed by atoms with E-state index in [1.165, 1.54) is 0 Å². The molecule has 8 heteroatoms. The number of nitrogens with one attached hydrogen (secondary N) is 3. The number of rotatable bonds is 5. The second kappa shape index (κ2) is 6.83. The lowest BCUT2D eigenvalue weighted by molar-refractivity contribution is -0.117. The molecule has 2 aromatic heterocycles. The third-order valence-electron chi connectivity index (χ3n) is 4.10. The average molecular weight is 349 g/mol. The molecule has 3 aromatic rings. The van der Waals surface area contributed by atoms with E-state index in [9.17, 15) is 4.79 Å². The van der Waals surface area contributed by atoms with Crippen LogP contribution in [0.1, 0.15) is 18.5 Å². The lowest BCUT2D eigenvalue weighted by Crippen LogP contribution is -2.23. The van der Waals surface area contributed by atoms with Crippen LogP contribution in [0.2, 0.25) is 0 Å². The van der Waals surface area contributed by atoms with Crippen molar-refractivity contribution in [2.45, 2.75) is 19.8 Å². The molecule has 1 aliphatic rings. The van der Waals surface area contributed by atoms with E-state index in [1.807, 2.05) is 42.2 Å². The maximum absolute atomic E-state index is 11.9. The number of H-pyrrole nitrogens is 1. The molecule has 0 aliphatic carbocycles. The van der Waals surface area contributed by atoms with Gasteiger partial charge in [0.1, 0.15) is 0 Å². The molecule has 0 atom stereocenters. The Morgan fingerprint density at radius 2 is 1.96 bits per heavy atom. The highest BCUT2D eigenvalue weighted by atomic mass is 16.2. The molecule has 132 valence electrons. The Balaban J connectivity index is 1.50. The van der Waals surface area contributed by atoms with Crippen molar-refractivity contribution in [2.24, 2.45) is 0 Å². The fourth-order valence-electron chi connectivity index (χ4n) is 2.92. The van der Waals surface area contributed by atoms with Crippen molar-refractivity contribution in [3.8, 4) is 0 Å². The van der Waals surface area contributed by atoms with Gasteiger partial charge in [-0.05, 0) is 31.5 Å². The van der Waals surface area contributed by atoms with Crippen molar-refractivity contribution in [1.29, 1.82) is 0 Å². The van der Waals surface area contributed by atoms with Crippen LogP contribution >= 0.6 is 0 Å². The smallest absolute Gasteiger partial charge is 0.227 e. The molecule has 3 N–H and O–H groups in total. The van der Waals surface area contributed by atoms with E-state index in [0.717, 1.165) is 30.0 Å². The van der Waals surface area contributed by atoms with Gasteiger partial charge in [0.15, 0.2) is 17.5 Å². The highest BCUT2D eigenvalue weighted by Crippen LogP contribution is 2.26. The van der Waals surface area contributed by atoms with Gasteiger partial charge in [0.2, 0.25) is 5.91 Å². The van der Waals surface area contributed by atoms with Crippen LogP contribution in [0.3, 0.4) is 0 Å². The molecule has 0 saturated carbocycles. The lowest BCUT2D eigenvalue weighted by atomic mass is 10.2. The summed E-state index contributed by atoms with van der Waals surface area (Å²) < 4.78 is 0. The summed E-state index contributed by atoms with van der Waals surface area (Å²) in [6.07, 6.45) is 4.80. The molecule has 1 saturated heterocycles. The van der Waals surface area contributed by atoms with Crippen LogP contribution in [0.25, 0.3) is 0 Å². The first-order valence-corrected chi connectivity index (χ1v) is 8.46. The zero-order chi connectivity index (χ0) is 17.9. The fourth-order valence-corrected chi connectivity index (χ4v) is 2.92. The number of nitrogens with zero attached hydrogens (tertiary/aromatic N) is 4. The van der Waals surface area contributed by atoms with E-state index >= 15 is 0 Å². The van der Waals surface area contributed by atoms with E-state index in [2.05, 4.69) is 30.8 Å². The summed E-state index contributed by atoms with van der Waals surface area (Å²) in [4.78, 5) is 22.4. The van der Waals surface area contributed by atoms with Crippen LogP contribution in [-0.4, -0.2) is 32.6 Å². The second-order valence-electron chi connectivity index (χ2n) is 6.18. The van der Waals surface area contributed by atoms with Crippen LogP contribution < -0.4 is 15.5 Å². The first kappa shape index (κ1) is 16.1. The summed E-state index contributed by atoms with van der Waals surface area (Å²) in [5.41, 5.74) is 2.71. The monoisotopic (exact) mass is 349 g/mol. The summed E-state index contributed by atoms with van der Waals surface area (Å²) >= 11 is 0. The van der Waals surface area contributed by atoms with Gasteiger partial charge in [0.25, 0.3) is 0 Å². The van der Waals surface area contributed by atoms with Crippen LogP contribution in [0.5, 0.6) is 0 Å². The number of carbonyl (C=O) groups is 1. The summed E-state index contributed by atoms with van der Waals surface area (Å²) in [5.74, 6) is 2.05. The predicted octanol–water partition coefficient (Wildman–Crippen LogP) is 3.12. The number of aromatic nitrogens is 4. The molecular formula is C18H19N7O. The molecule has 1 aliphatic heterocycles.